The fourth-order valence-electron chi connectivity index (χ4n) is 3.43. The van der Waals surface area contributed by atoms with Crippen molar-refractivity contribution in [1.29, 1.82) is 5.41 Å². The number of hydrogen-bond donors (Lipinski definition) is 4. The van der Waals surface area contributed by atoms with E-state index in [1.54, 1.807) is 18.5 Å². The SMILES string of the molecule is CCOC(=O)COc1cc(O)c(C(=O)CN2Cc3cc(C(=N)NO)ccc3C2=O)c(OC)c1. The van der Waals surface area contributed by atoms with Crippen molar-refractivity contribution >= 4 is 23.5 Å². The Labute approximate surface area is 188 Å². The number of phenolic OH excluding ortho intramolecular Hbond substituents is 1. The number of benzene rings is 2. The predicted molar refractivity (Wildman–Crippen MR) is 114 cm³/mol. The summed E-state index contributed by atoms with van der Waals surface area (Å²) >= 11 is 0. The lowest BCUT2D eigenvalue weighted by atomic mass is 10.1. The van der Waals surface area contributed by atoms with E-state index in [1.807, 2.05) is 0 Å². The number of esters is 1. The monoisotopic (exact) mass is 457 g/mol. The minimum atomic E-state index is -0.587. The molecule has 0 fully saturated rings. The van der Waals surface area contributed by atoms with Crippen LogP contribution in [0.15, 0.2) is 30.3 Å². The molecule has 1 heterocycles. The second-order valence-electron chi connectivity index (χ2n) is 7.06. The number of nitrogens with one attached hydrogen (secondary N) is 2. The highest BCUT2D eigenvalue weighted by Crippen LogP contribution is 2.34. The van der Waals surface area contributed by atoms with Gasteiger partial charge in [-0.2, -0.15) is 0 Å². The molecule has 3 rings (SSSR count). The Morgan fingerprint density at radius 2 is 2.00 bits per heavy atom. The first-order valence-electron chi connectivity index (χ1n) is 9.92. The number of hydroxylamine groups is 1. The van der Waals surface area contributed by atoms with Crippen molar-refractivity contribution in [1.82, 2.24) is 10.4 Å². The summed E-state index contributed by atoms with van der Waals surface area (Å²) in [5, 5.41) is 27.0. The number of methoxy groups -OCH3 is 1. The topological polar surface area (TPSA) is 158 Å². The zero-order valence-electron chi connectivity index (χ0n) is 18.0. The highest BCUT2D eigenvalue weighted by atomic mass is 16.6. The largest absolute Gasteiger partial charge is 0.507 e. The third kappa shape index (κ3) is 5.04. The molecule has 1 aliphatic rings. The Morgan fingerprint density at radius 1 is 1.24 bits per heavy atom. The van der Waals surface area contributed by atoms with E-state index in [0.717, 1.165) is 0 Å². The second kappa shape index (κ2) is 10.0. The van der Waals surface area contributed by atoms with Crippen molar-refractivity contribution in [3.8, 4) is 17.2 Å². The van der Waals surface area contributed by atoms with Crippen LogP contribution in [0.25, 0.3) is 0 Å². The van der Waals surface area contributed by atoms with Crippen molar-refractivity contribution in [2.24, 2.45) is 0 Å². The van der Waals surface area contributed by atoms with Gasteiger partial charge in [0.15, 0.2) is 12.4 Å². The first-order chi connectivity index (χ1) is 15.8. The molecule has 0 bridgehead atoms. The van der Waals surface area contributed by atoms with Crippen LogP contribution in [0.5, 0.6) is 17.2 Å². The van der Waals surface area contributed by atoms with Gasteiger partial charge in [0.25, 0.3) is 5.91 Å². The van der Waals surface area contributed by atoms with Crippen molar-refractivity contribution in [3.63, 3.8) is 0 Å². The maximum atomic E-state index is 13.0. The summed E-state index contributed by atoms with van der Waals surface area (Å²) in [6.07, 6.45) is 0. The zero-order valence-corrected chi connectivity index (χ0v) is 18.0. The van der Waals surface area contributed by atoms with Crippen molar-refractivity contribution in [3.05, 3.63) is 52.6 Å². The molecule has 4 N–H and O–H groups in total. The normalized spacial score (nSPS) is 12.2. The first-order valence-corrected chi connectivity index (χ1v) is 9.92. The molecule has 33 heavy (non-hydrogen) atoms. The van der Waals surface area contributed by atoms with Crippen LogP contribution in [0.3, 0.4) is 0 Å². The van der Waals surface area contributed by atoms with Crippen molar-refractivity contribution < 1.29 is 38.9 Å². The molecule has 174 valence electrons. The number of aromatic hydroxyl groups is 1. The van der Waals surface area contributed by atoms with Crippen LogP contribution < -0.4 is 15.0 Å². The Bertz CT molecular complexity index is 1120. The molecule has 11 nitrogen and oxygen atoms in total. The van der Waals surface area contributed by atoms with Gasteiger partial charge in [-0.05, 0) is 24.6 Å². The number of nitrogens with zero attached hydrogens (tertiary/aromatic N) is 1. The van der Waals surface area contributed by atoms with E-state index in [9.17, 15) is 19.5 Å². The number of Topliss-reactive ketones (excluding diaryl/α,β-unsaturated/α-hetero) is 1. The highest BCUT2D eigenvalue weighted by Gasteiger charge is 2.31. The van der Waals surface area contributed by atoms with Gasteiger partial charge in [0.05, 0.1) is 20.3 Å². The van der Waals surface area contributed by atoms with Crippen LogP contribution in [0.4, 0.5) is 0 Å². The fraction of sp³-hybridized carbons (Fsp3) is 0.273. The van der Waals surface area contributed by atoms with Crippen LogP contribution in [0.2, 0.25) is 0 Å². The number of hydrogen-bond acceptors (Lipinski definition) is 9. The fourth-order valence-corrected chi connectivity index (χ4v) is 3.43. The number of carbonyl (C=O) groups excluding carboxylic acids is 3. The van der Waals surface area contributed by atoms with Gasteiger partial charge in [-0.25, -0.2) is 4.79 Å². The highest BCUT2D eigenvalue weighted by molar-refractivity contribution is 6.07. The molecule has 2 aromatic carbocycles. The third-order valence-corrected chi connectivity index (χ3v) is 4.93. The maximum absolute atomic E-state index is 13.0. The minimum absolute atomic E-state index is 0.0211. The molecule has 1 amide bonds. The van der Waals surface area contributed by atoms with Gasteiger partial charge in [0.1, 0.15) is 28.6 Å². The molecule has 0 spiro atoms. The Balaban J connectivity index is 1.76. The van der Waals surface area contributed by atoms with E-state index in [4.69, 9.17) is 24.8 Å². The molecule has 0 saturated heterocycles. The molecule has 0 radical (unpaired) electrons. The van der Waals surface area contributed by atoms with E-state index in [0.29, 0.717) is 16.7 Å². The van der Waals surface area contributed by atoms with Crippen molar-refractivity contribution in [2.75, 3.05) is 26.9 Å². The molecule has 11 heteroatoms. The number of ketones is 1. The molecule has 1 aliphatic heterocycles. The Hall–Kier alpha value is -4.12. The standard InChI is InChI=1S/C22H23N3O8/c1-3-32-19(28)11-33-14-7-16(26)20(18(8-14)31-2)17(27)10-25-9-13-6-12(21(23)24-30)4-5-15(13)22(25)29/h4-8,26,30H,3,9-11H2,1-2H3,(H2,23,24). The predicted octanol–water partition coefficient (Wildman–Crippen LogP) is 1.49. The van der Waals surface area contributed by atoms with Gasteiger partial charge >= 0.3 is 5.97 Å². The first kappa shape index (κ1) is 23.5. The van der Waals surface area contributed by atoms with E-state index in [-0.39, 0.29) is 55.1 Å². The minimum Gasteiger partial charge on any atom is -0.507 e. The van der Waals surface area contributed by atoms with Gasteiger partial charge in [0, 0.05) is 29.8 Å². The van der Waals surface area contributed by atoms with Crippen LogP contribution in [-0.4, -0.2) is 65.6 Å². The summed E-state index contributed by atoms with van der Waals surface area (Å²) in [4.78, 5) is 38.4. The Kier molecular flexibility index (Phi) is 7.13. The number of rotatable bonds is 9. The van der Waals surface area contributed by atoms with Crippen LogP contribution in [0, 0.1) is 5.41 Å². The number of ether oxygens (including phenoxy) is 3. The lowest BCUT2D eigenvalue weighted by molar-refractivity contribution is -0.145. The molecule has 0 atom stereocenters. The second-order valence-corrected chi connectivity index (χ2v) is 7.06. The number of carbonyl (C=O) groups is 3. The average molecular weight is 457 g/mol. The number of amidine groups is 1. The number of phenols is 1. The van der Waals surface area contributed by atoms with Gasteiger partial charge in [-0.15, -0.1) is 0 Å². The van der Waals surface area contributed by atoms with E-state index < -0.39 is 17.5 Å². The number of amides is 1. The Morgan fingerprint density at radius 3 is 2.67 bits per heavy atom. The summed E-state index contributed by atoms with van der Waals surface area (Å²) in [6.45, 7) is 1.27. The van der Waals surface area contributed by atoms with Crippen LogP contribution in [0.1, 0.15) is 38.8 Å². The van der Waals surface area contributed by atoms with Gasteiger partial charge in [0.2, 0.25) is 0 Å². The third-order valence-electron chi connectivity index (χ3n) is 4.93. The average Bonchev–Trinajstić information content (AvgIpc) is 3.11. The molecule has 0 aromatic heterocycles. The number of fused-ring (bicyclic) bond motifs is 1. The molecule has 2 aromatic rings. The quantitative estimate of drug-likeness (QED) is 0.144. The molecular formula is C22H23N3O8. The van der Waals surface area contributed by atoms with E-state index in [1.165, 1.54) is 36.3 Å². The molecule has 0 aliphatic carbocycles. The lowest BCUT2D eigenvalue weighted by Gasteiger charge is -2.17. The summed E-state index contributed by atoms with van der Waals surface area (Å²) in [7, 11) is 1.31. The van der Waals surface area contributed by atoms with Gasteiger partial charge < -0.3 is 24.2 Å². The summed E-state index contributed by atoms with van der Waals surface area (Å²) in [5.41, 5.74) is 2.99. The van der Waals surface area contributed by atoms with E-state index in [2.05, 4.69) is 0 Å². The van der Waals surface area contributed by atoms with Crippen LogP contribution >= 0.6 is 0 Å². The lowest BCUT2D eigenvalue weighted by Crippen LogP contribution is -2.30. The van der Waals surface area contributed by atoms with Gasteiger partial charge in [-0.1, -0.05) is 6.07 Å². The summed E-state index contributed by atoms with van der Waals surface area (Å²) in [6, 6.07) is 7.15. The van der Waals surface area contributed by atoms with Crippen LogP contribution in [-0.2, 0) is 16.1 Å². The summed E-state index contributed by atoms with van der Waals surface area (Å²) in [5.74, 6) is -2.05. The molecular weight excluding hydrogens is 434 g/mol. The molecule has 0 saturated carbocycles. The smallest absolute Gasteiger partial charge is 0.344 e. The van der Waals surface area contributed by atoms with Gasteiger partial charge in [-0.3, -0.25) is 25.7 Å². The zero-order chi connectivity index (χ0) is 24.1. The molecule has 0 unspecified atom stereocenters. The van der Waals surface area contributed by atoms with E-state index >= 15 is 0 Å². The maximum Gasteiger partial charge on any atom is 0.344 e. The van der Waals surface area contributed by atoms with Crippen molar-refractivity contribution in [2.45, 2.75) is 13.5 Å². The summed E-state index contributed by atoms with van der Waals surface area (Å²) < 4.78 is 15.3.